The number of rotatable bonds is 3. The van der Waals surface area contributed by atoms with E-state index < -0.39 is 5.97 Å². The number of nitrogens with zero attached hydrogens (tertiary/aromatic N) is 2. The van der Waals surface area contributed by atoms with E-state index in [1.54, 1.807) is 23.2 Å². The molecule has 1 aromatic carbocycles. The number of hydrogen-bond donors (Lipinski definition) is 1. The molecular weight excluding hydrogens is 299 g/mol. The maximum atomic E-state index is 12.9. The number of pyridine rings is 1. The van der Waals surface area contributed by atoms with Crippen LogP contribution in [-0.4, -0.2) is 33.4 Å². The second kappa shape index (κ2) is 6.16. The number of aromatic nitrogens is 1. The molecule has 0 saturated carbocycles. The first kappa shape index (κ1) is 15.1. The van der Waals surface area contributed by atoms with E-state index in [0.29, 0.717) is 19.5 Å². The number of benzene rings is 1. The Balaban J connectivity index is 1.74. The average Bonchev–Trinajstić information content (AvgIpc) is 2.55. The summed E-state index contributed by atoms with van der Waals surface area (Å²) in [6, 6.07) is 5.85. The molecule has 0 spiro atoms. The second-order valence-corrected chi connectivity index (χ2v) is 5.50. The zero-order valence-electron chi connectivity index (χ0n) is 12.3. The molecule has 0 aliphatic carbocycles. The summed E-state index contributed by atoms with van der Waals surface area (Å²) in [6.45, 7) is 0.820. The van der Waals surface area contributed by atoms with Gasteiger partial charge in [0.25, 0.3) is 0 Å². The topological polar surface area (TPSA) is 70.5 Å². The van der Waals surface area contributed by atoms with Crippen LogP contribution in [0.2, 0.25) is 0 Å². The minimum atomic E-state index is -1.000. The number of halogens is 1. The van der Waals surface area contributed by atoms with E-state index in [1.807, 2.05) is 0 Å². The Morgan fingerprint density at radius 1 is 1.22 bits per heavy atom. The highest BCUT2D eigenvalue weighted by atomic mass is 19.1. The first-order valence-corrected chi connectivity index (χ1v) is 7.26. The quantitative estimate of drug-likeness (QED) is 0.941. The fraction of sp³-hybridized carbons (Fsp3) is 0.235. The standard InChI is InChI=1S/C17H15FN2O3/c18-13-3-1-11(2-4-13)7-16(21)20-6-5-14-12(10-20)8-19-9-15(14)17(22)23/h1-4,8-9H,5-7,10H2,(H,22,23). The molecular formula is C17H15FN2O3. The molecule has 0 saturated heterocycles. The SMILES string of the molecule is O=C(O)c1cncc2c1CCN(C(=O)Cc1ccc(F)cc1)C2. The van der Waals surface area contributed by atoms with Crippen LogP contribution in [0.25, 0.3) is 0 Å². The van der Waals surface area contributed by atoms with Crippen LogP contribution in [0.5, 0.6) is 0 Å². The van der Waals surface area contributed by atoms with Gasteiger partial charge in [0.15, 0.2) is 0 Å². The number of amides is 1. The number of aromatic carboxylic acids is 1. The van der Waals surface area contributed by atoms with Gasteiger partial charge in [0.2, 0.25) is 5.91 Å². The molecule has 5 nitrogen and oxygen atoms in total. The van der Waals surface area contributed by atoms with Gasteiger partial charge in [-0.1, -0.05) is 12.1 Å². The zero-order chi connectivity index (χ0) is 16.4. The summed E-state index contributed by atoms with van der Waals surface area (Å²) >= 11 is 0. The Labute approximate surface area is 132 Å². The summed E-state index contributed by atoms with van der Waals surface area (Å²) in [6.07, 6.45) is 3.65. The van der Waals surface area contributed by atoms with Crippen LogP contribution >= 0.6 is 0 Å². The van der Waals surface area contributed by atoms with Gasteiger partial charge >= 0.3 is 5.97 Å². The fourth-order valence-corrected chi connectivity index (χ4v) is 2.78. The maximum absolute atomic E-state index is 12.9. The first-order valence-electron chi connectivity index (χ1n) is 7.26. The van der Waals surface area contributed by atoms with Crippen molar-refractivity contribution >= 4 is 11.9 Å². The third kappa shape index (κ3) is 3.21. The predicted molar refractivity (Wildman–Crippen MR) is 80.4 cm³/mol. The van der Waals surface area contributed by atoms with Crippen molar-refractivity contribution in [2.45, 2.75) is 19.4 Å². The first-order chi connectivity index (χ1) is 11.0. The van der Waals surface area contributed by atoms with E-state index in [2.05, 4.69) is 4.98 Å². The van der Waals surface area contributed by atoms with Crippen LogP contribution in [0.1, 0.15) is 27.0 Å². The van der Waals surface area contributed by atoms with Gasteiger partial charge in [-0.15, -0.1) is 0 Å². The summed E-state index contributed by atoms with van der Waals surface area (Å²) in [5.41, 5.74) is 2.47. The van der Waals surface area contributed by atoms with E-state index in [-0.39, 0.29) is 23.7 Å². The van der Waals surface area contributed by atoms with Crippen LogP contribution in [0.15, 0.2) is 36.7 Å². The van der Waals surface area contributed by atoms with Crippen LogP contribution < -0.4 is 0 Å². The lowest BCUT2D eigenvalue weighted by molar-refractivity contribution is -0.131. The number of fused-ring (bicyclic) bond motifs is 1. The van der Waals surface area contributed by atoms with Crippen molar-refractivity contribution in [2.24, 2.45) is 0 Å². The summed E-state index contributed by atoms with van der Waals surface area (Å²) in [7, 11) is 0. The Morgan fingerprint density at radius 2 is 1.96 bits per heavy atom. The van der Waals surface area contributed by atoms with E-state index in [9.17, 15) is 19.1 Å². The van der Waals surface area contributed by atoms with Gasteiger partial charge in [0.05, 0.1) is 12.0 Å². The van der Waals surface area contributed by atoms with Crippen LogP contribution in [0, 0.1) is 5.82 Å². The molecule has 2 heterocycles. The molecule has 0 atom stereocenters. The van der Waals surface area contributed by atoms with Gasteiger partial charge in [-0.05, 0) is 35.2 Å². The summed E-state index contributed by atoms with van der Waals surface area (Å²) in [5, 5.41) is 9.18. The van der Waals surface area contributed by atoms with Crippen molar-refractivity contribution in [3.63, 3.8) is 0 Å². The van der Waals surface area contributed by atoms with Gasteiger partial charge < -0.3 is 10.0 Å². The third-order valence-electron chi connectivity index (χ3n) is 3.99. The highest BCUT2D eigenvalue weighted by molar-refractivity contribution is 5.89. The van der Waals surface area contributed by atoms with Crippen molar-refractivity contribution in [3.05, 3.63) is 64.7 Å². The molecule has 1 N–H and O–H groups in total. The van der Waals surface area contributed by atoms with Crippen LogP contribution in [0.4, 0.5) is 4.39 Å². The largest absolute Gasteiger partial charge is 0.478 e. The number of carboxylic acids is 1. The van der Waals surface area contributed by atoms with Crippen molar-refractivity contribution in [1.29, 1.82) is 0 Å². The van der Waals surface area contributed by atoms with E-state index >= 15 is 0 Å². The lowest BCUT2D eigenvalue weighted by atomic mass is 9.96. The highest BCUT2D eigenvalue weighted by Gasteiger charge is 2.24. The minimum absolute atomic E-state index is 0.0667. The predicted octanol–water partition coefficient (Wildman–Crippen LogP) is 2.05. The maximum Gasteiger partial charge on any atom is 0.337 e. The lowest BCUT2D eigenvalue weighted by Gasteiger charge is -2.29. The molecule has 0 bridgehead atoms. The van der Waals surface area contributed by atoms with Crippen molar-refractivity contribution in [3.8, 4) is 0 Å². The Bertz CT molecular complexity index is 759. The molecule has 23 heavy (non-hydrogen) atoms. The number of carbonyl (C=O) groups is 2. The second-order valence-electron chi connectivity index (χ2n) is 5.50. The molecule has 118 valence electrons. The molecule has 6 heteroatoms. The monoisotopic (exact) mass is 314 g/mol. The Morgan fingerprint density at radius 3 is 2.65 bits per heavy atom. The van der Waals surface area contributed by atoms with Gasteiger partial charge in [0.1, 0.15) is 5.82 Å². The average molecular weight is 314 g/mol. The number of hydrogen-bond acceptors (Lipinski definition) is 3. The normalized spacial score (nSPS) is 13.5. The molecule has 1 amide bonds. The van der Waals surface area contributed by atoms with Crippen LogP contribution in [-0.2, 0) is 24.2 Å². The number of carboxylic acid groups (broad SMARTS) is 1. The Kier molecular flexibility index (Phi) is 4.06. The molecule has 1 aliphatic heterocycles. The third-order valence-corrected chi connectivity index (χ3v) is 3.99. The molecule has 1 aliphatic rings. The smallest absolute Gasteiger partial charge is 0.337 e. The van der Waals surface area contributed by atoms with Crippen molar-refractivity contribution < 1.29 is 19.1 Å². The Hall–Kier alpha value is -2.76. The van der Waals surface area contributed by atoms with E-state index in [4.69, 9.17) is 0 Å². The molecule has 1 aromatic heterocycles. The fourth-order valence-electron chi connectivity index (χ4n) is 2.78. The summed E-state index contributed by atoms with van der Waals surface area (Å²) < 4.78 is 12.9. The molecule has 2 aromatic rings. The van der Waals surface area contributed by atoms with Gasteiger partial charge in [-0.3, -0.25) is 9.78 Å². The van der Waals surface area contributed by atoms with Crippen LogP contribution in [0.3, 0.4) is 0 Å². The summed E-state index contributed by atoms with van der Waals surface area (Å²) in [4.78, 5) is 29.2. The van der Waals surface area contributed by atoms with Gasteiger partial charge in [-0.25, -0.2) is 9.18 Å². The van der Waals surface area contributed by atoms with Crippen molar-refractivity contribution in [1.82, 2.24) is 9.88 Å². The van der Waals surface area contributed by atoms with Crippen molar-refractivity contribution in [2.75, 3.05) is 6.54 Å². The molecule has 0 fully saturated rings. The summed E-state index contributed by atoms with van der Waals surface area (Å²) in [5.74, 6) is -1.40. The highest BCUT2D eigenvalue weighted by Crippen LogP contribution is 2.22. The molecule has 0 unspecified atom stereocenters. The van der Waals surface area contributed by atoms with Gasteiger partial charge in [-0.2, -0.15) is 0 Å². The number of carbonyl (C=O) groups excluding carboxylic acids is 1. The van der Waals surface area contributed by atoms with E-state index in [1.165, 1.54) is 18.3 Å². The molecule has 0 radical (unpaired) electrons. The molecule has 3 rings (SSSR count). The lowest BCUT2D eigenvalue weighted by Crippen LogP contribution is -2.37. The van der Waals surface area contributed by atoms with E-state index in [0.717, 1.165) is 16.7 Å². The zero-order valence-corrected chi connectivity index (χ0v) is 12.3. The van der Waals surface area contributed by atoms with Gasteiger partial charge in [0, 0.05) is 25.5 Å². The minimum Gasteiger partial charge on any atom is -0.478 e.